The second kappa shape index (κ2) is 10.4. The monoisotopic (exact) mass is 466 g/mol. The molecule has 1 N–H and O–H groups in total. The highest BCUT2D eigenvalue weighted by molar-refractivity contribution is 14.1. The number of carbonyl (C=O) groups is 2. The van der Waals surface area contributed by atoms with Crippen molar-refractivity contribution >= 4 is 34.8 Å². The lowest BCUT2D eigenvalue weighted by Crippen LogP contribution is -2.47. The normalized spacial score (nSPS) is 9.88. The number of rotatable bonds is 6. The molecule has 0 unspecified atom stereocenters. The van der Waals surface area contributed by atoms with Crippen LogP contribution in [-0.2, 0) is 22.7 Å². The second-order valence-electron chi connectivity index (χ2n) is 5.32. The molecular formula is C19H19IN2O4. The fraction of sp³-hybridized carbons (Fsp3) is 0.158. The summed E-state index contributed by atoms with van der Waals surface area (Å²) in [6.45, 7) is 4.05. The van der Waals surface area contributed by atoms with Gasteiger partial charge in [-0.3, -0.25) is 0 Å². The lowest BCUT2D eigenvalue weighted by molar-refractivity contribution is 0.0688. The molecule has 2 rings (SSSR count). The van der Waals surface area contributed by atoms with Gasteiger partial charge in [-0.15, -0.1) is 0 Å². The van der Waals surface area contributed by atoms with Gasteiger partial charge in [-0.25, -0.2) is 20.0 Å². The van der Waals surface area contributed by atoms with Crippen molar-refractivity contribution in [2.24, 2.45) is 0 Å². The minimum Gasteiger partial charge on any atom is -0.443 e. The van der Waals surface area contributed by atoms with Gasteiger partial charge in [0.15, 0.2) is 0 Å². The Morgan fingerprint density at radius 1 is 0.923 bits per heavy atom. The molecule has 2 aromatic carbocycles. The molecule has 0 saturated carbocycles. The second-order valence-corrected chi connectivity index (χ2v) is 6.84. The Labute approximate surface area is 165 Å². The van der Waals surface area contributed by atoms with E-state index in [1.807, 2.05) is 83.3 Å². The Hall–Kier alpha value is -2.55. The lowest BCUT2D eigenvalue weighted by atomic mass is 10.2. The summed E-state index contributed by atoms with van der Waals surface area (Å²) in [6, 6.07) is 18.5. The van der Waals surface area contributed by atoms with Crippen molar-refractivity contribution < 1.29 is 19.1 Å². The first-order chi connectivity index (χ1) is 12.5. The third-order valence-corrected chi connectivity index (χ3v) is 3.54. The Balaban J connectivity index is 1.87. The minimum absolute atomic E-state index is 0.102. The van der Waals surface area contributed by atoms with Crippen LogP contribution in [0.2, 0.25) is 0 Å². The van der Waals surface area contributed by atoms with Gasteiger partial charge in [-0.2, -0.15) is 0 Å². The van der Waals surface area contributed by atoms with Gasteiger partial charge >= 0.3 is 12.2 Å². The fourth-order valence-electron chi connectivity index (χ4n) is 1.98. The van der Waals surface area contributed by atoms with E-state index in [1.165, 1.54) is 0 Å². The number of hydrogen-bond acceptors (Lipinski definition) is 4. The molecular weight excluding hydrogens is 447 g/mol. The largest absolute Gasteiger partial charge is 0.443 e. The highest BCUT2D eigenvalue weighted by Gasteiger charge is 2.19. The first-order valence-electron chi connectivity index (χ1n) is 7.83. The smallest absolute Gasteiger partial charge is 0.429 e. The van der Waals surface area contributed by atoms with Gasteiger partial charge in [0, 0.05) is 3.58 Å². The van der Waals surface area contributed by atoms with Crippen molar-refractivity contribution in [1.29, 1.82) is 0 Å². The zero-order valence-electron chi connectivity index (χ0n) is 14.1. The van der Waals surface area contributed by atoms with Gasteiger partial charge in [0.1, 0.15) is 13.2 Å². The average molecular weight is 466 g/mol. The zero-order chi connectivity index (χ0) is 18.8. The molecule has 2 aromatic rings. The molecule has 0 atom stereocenters. The standard InChI is InChI=1S/C19H19IN2O4/c1-15(20)12-22(19(24)26-14-17-10-6-3-7-11-17)21-18(23)25-13-16-8-4-2-5-9-16/h2-11H,1,12-14H2,(H,21,23). The maximum absolute atomic E-state index is 12.3. The summed E-state index contributed by atoms with van der Waals surface area (Å²) < 4.78 is 11.0. The van der Waals surface area contributed by atoms with Crippen LogP contribution in [0, 0.1) is 0 Å². The number of nitrogens with zero attached hydrogens (tertiary/aromatic N) is 1. The van der Waals surface area contributed by atoms with Crippen molar-refractivity contribution in [3.8, 4) is 0 Å². The van der Waals surface area contributed by atoms with Crippen LogP contribution in [0.1, 0.15) is 11.1 Å². The van der Waals surface area contributed by atoms with E-state index >= 15 is 0 Å². The predicted octanol–water partition coefficient (Wildman–Crippen LogP) is 4.42. The van der Waals surface area contributed by atoms with Gasteiger partial charge in [-0.1, -0.05) is 67.2 Å². The van der Waals surface area contributed by atoms with E-state index in [0.29, 0.717) is 3.58 Å². The molecule has 0 radical (unpaired) electrons. The molecule has 0 spiro atoms. The summed E-state index contributed by atoms with van der Waals surface area (Å²) >= 11 is 1.97. The average Bonchev–Trinajstić information content (AvgIpc) is 2.65. The van der Waals surface area contributed by atoms with E-state index in [0.717, 1.165) is 16.1 Å². The van der Waals surface area contributed by atoms with Crippen molar-refractivity contribution in [2.75, 3.05) is 6.54 Å². The summed E-state index contributed by atoms with van der Waals surface area (Å²) in [6.07, 6.45) is -1.44. The Morgan fingerprint density at radius 2 is 1.42 bits per heavy atom. The van der Waals surface area contributed by atoms with Crippen LogP contribution in [0.25, 0.3) is 0 Å². The number of carbonyl (C=O) groups excluding carboxylic acids is 2. The van der Waals surface area contributed by atoms with Gasteiger partial charge < -0.3 is 9.47 Å². The number of amides is 2. The zero-order valence-corrected chi connectivity index (χ0v) is 16.2. The summed E-state index contributed by atoms with van der Waals surface area (Å²) in [5.74, 6) is 0. The predicted molar refractivity (Wildman–Crippen MR) is 106 cm³/mol. The lowest BCUT2D eigenvalue weighted by Gasteiger charge is -2.22. The van der Waals surface area contributed by atoms with E-state index in [4.69, 9.17) is 9.47 Å². The fourth-order valence-corrected chi connectivity index (χ4v) is 2.33. The van der Waals surface area contributed by atoms with Crippen LogP contribution >= 0.6 is 22.6 Å². The topological polar surface area (TPSA) is 67.9 Å². The highest BCUT2D eigenvalue weighted by Crippen LogP contribution is 2.08. The molecule has 0 aliphatic carbocycles. The van der Waals surface area contributed by atoms with E-state index < -0.39 is 12.2 Å². The Morgan fingerprint density at radius 3 is 1.92 bits per heavy atom. The molecule has 6 nitrogen and oxygen atoms in total. The summed E-state index contributed by atoms with van der Waals surface area (Å²) in [4.78, 5) is 24.2. The molecule has 7 heteroatoms. The third kappa shape index (κ3) is 7.14. The minimum atomic E-state index is -0.747. The molecule has 26 heavy (non-hydrogen) atoms. The van der Waals surface area contributed by atoms with Crippen LogP contribution in [0.15, 0.2) is 70.8 Å². The van der Waals surface area contributed by atoms with Gasteiger partial charge in [0.05, 0.1) is 6.54 Å². The van der Waals surface area contributed by atoms with E-state index in [9.17, 15) is 9.59 Å². The first kappa shape index (κ1) is 19.8. The summed E-state index contributed by atoms with van der Waals surface area (Å²) in [5, 5.41) is 1.03. The molecule has 0 bridgehead atoms. The van der Waals surface area contributed by atoms with Crippen LogP contribution in [0.3, 0.4) is 0 Å². The van der Waals surface area contributed by atoms with Crippen molar-refractivity contribution in [1.82, 2.24) is 10.4 Å². The van der Waals surface area contributed by atoms with Crippen LogP contribution in [-0.4, -0.2) is 23.7 Å². The molecule has 0 fully saturated rings. The third-order valence-electron chi connectivity index (χ3n) is 3.19. The van der Waals surface area contributed by atoms with Crippen molar-refractivity contribution in [3.05, 3.63) is 81.9 Å². The number of hydrazine groups is 1. The van der Waals surface area contributed by atoms with E-state index in [-0.39, 0.29) is 19.8 Å². The number of benzene rings is 2. The molecule has 2 amide bonds. The Bertz CT molecular complexity index is 738. The maximum Gasteiger partial charge on any atom is 0.429 e. The Kier molecular flexibility index (Phi) is 7.94. The summed E-state index contributed by atoms with van der Waals surface area (Å²) in [5.41, 5.74) is 4.08. The van der Waals surface area contributed by atoms with Gasteiger partial charge in [0.2, 0.25) is 0 Å². The molecule has 136 valence electrons. The molecule has 0 saturated heterocycles. The van der Waals surface area contributed by atoms with Crippen molar-refractivity contribution in [2.45, 2.75) is 13.2 Å². The number of hydrogen-bond donors (Lipinski definition) is 1. The van der Waals surface area contributed by atoms with Crippen LogP contribution in [0.4, 0.5) is 9.59 Å². The first-order valence-corrected chi connectivity index (χ1v) is 8.91. The van der Waals surface area contributed by atoms with Gasteiger partial charge in [-0.05, 0) is 33.7 Å². The van der Waals surface area contributed by atoms with E-state index in [2.05, 4.69) is 12.0 Å². The highest BCUT2D eigenvalue weighted by atomic mass is 127. The number of ether oxygens (including phenoxy) is 2. The maximum atomic E-state index is 12.3. The quantitative estimate of drug-likeness (QED) is 0.506. The number of nitrogens with one attached hydrogen (secondary N) is 1. The molecule has 0 heterocycles. The van der Waals surface area contributed by atoms with E-state index in [1.54, 1.807) is 0 Å². The molecule has 0 aliphatic heterocycles. The van der Waals surface area contributed by atoms with Gasteiger partial charge in [0.25, 0.3) is 0 Å². The molecule has 0 aliphatic rings. The number of halogens is 1. The van der Waals surface area contributed by atoms with Crippen LogP contribution in [0.5, 0.6) is 0 Å². The molecule has 0 aromatic heterocycles. The SMILES string of the molecule is C=C(I)CN(NC(=O)OCc1ccccc1)C(=O)OCc1ccccc1. The van der Waals surface area contributed by atoms with Crippen LogP contribution < -0.4 is 5.43 Å². The van der Waals surface area contributed by atoms with Crippen molar-refractivity contribution in [3.63, 3.8) is 0 Å². The summed E-state index contributed by atoms with van der Waals surface area (Å²) in [7, 11) is 0.